The SMILES string of the molecule is CCN(Cc1ccccc1)C(=O)C(C)Sc1nnc(N2CCOCC2)n1-c1cccc(C)c1. The lowest BCUT2D eigenvalue weighted by atomic mass is 10.2. The number of carbonyl (C=O) groups excluding carboxylic acids is 1. The molecule has 174 valence electrons. The Balaban J connectivity index is 1.58. The highest BCUT2D eigenvalue weighted by molar-refractivity contribution is 8.00. The number of nitrogens with zero attached hydrogens (tertiary/aromatic N) is 5. The fraction of sp³-hybridized carbons (Fsp3) is 0.400. The highest BCUT2D eigenvalue weighted by Crippen LogP contribution is 2.30. The molecule has 33 heavy (non-hydrogen) atoms. The Morgan fingerprint density at radius 2 is 1.88 bits per heavy atom. The number of aryl methyl sites for hydroxylation is 1. The van der Waals surface area contributed by atoms with Crippen molar-refractivity contribution in [3.05, 3.63) is 65.7 Å². The number of rotatable bonds is 8. The number of carbonyl (C=O) groups is 1. The van der Waals surface area contributed by atoms with Crippen LogP contribution >= 0.6 is 11.8 Å². The third-order valence-electron chi connectivity index (χ3n) is 5.71. The molecule has 4 rings (SSSR count). The number of ether oxygens (including phenoxy) is 1. The van der Waals surface area contributed by atoms with E-state index >= 15 is 0 Å². The van der Waals surface area contributed by atoms with E-state index in [9.17, 15) is 4.79 Å². The minimum absolute atomic E-state index is 0.0954. The number of hydrogen-bond acceptors (Lipinski definition) is 6. The molecule has 1 aromatic heterocycles. The molecule has 0 saturated carbocycles. The van der Waals surface area contributed by atoms with Crippen molar-refractivity contribution in [2.75, 3.05) is 37.7 Å². The zero-order valence-corrected chi connectivity index (χ0v) is 20.3. The molecule has 0 spiro atoms. The molecule has 1 aliphatic rings. The van der Waals surface area contributed by atoms with Crippen molar-refractivity contribution in [1.82, 2.24) is 19.7 Å². The fourth-order valence-corrected chi connectivity index (χ4v) is 4.86. The smallest absolute Gasteiger partial charge is 0.236 e. The van der Waals surface area contributed by atoms with Gasteiger partial charge in [0.1, 0.15) is 0 Å². The van der Waals surface area contributed by atoms with Gasteiger partial charge in [-0.05, 0) is 44.0 Å². The lowest BCUT2D eigenvalue weighted by Gasteiger charge is -2.28. The number of anilines is 1. The number of morpholine rings is 1. The van der Waals surface area contributed by atoms with Crippen LogP contribution in [0.1, 0.15) is 25.0 Å². The van der Waals surface area contributed by atoms with E-state index in [2.05, 4.69) is 56.9 Å². The number of benzene rings is 2. The van der Waals surface area contributed by atoms with E-state index in [0.29, 0.717) is 26.3 Å². The Morgan fingerprint density at radius 3 is 2.58 bits per heavy atom. The van der Waals surface area contributed by atoms with Crippen LogP contribution in [0.4, 0.5) is 5.95 Å². The Labute approximate surface area is 199 Å². The zero-order chi connectivity index (χ0) is 23.2. The van der Waals surface area contributed by atoms with Crippen molar-refractivity contribution in [2.45, 2.75) is 37.7 Å². The molecule has 0 aliphatic carbocycles. The van der Waals surface area contributed by atoms with Gasteiger partial charge in [-0.1, -0.05) is 54.2 Å². The average molecular weight is 466 g/mol. The van der Waals surface area contributed by atoms with Gasteiger partial charge < -0.3 is 14.5 Å². The van der Waals surface area contributed by atoms with E-state index in [4.69, 9.17) is 4.74 Å². The summed E-state index contributed by atoms with van der Waals surface area (Å²) in [5, 5.41) is 9.47. The number of thioether (sulfide) groups is 1. The molecule has 1 amide bonds. The molecule has 0 bridgehead atoms. The molecule has 2 aromatic carbocycles. The Kier molecular flexibility index (Phi) is 7.67. The molecule has 2 heterocycles. The Bertz CT molecular complexity index is 1070. The molecule has 7 nitrogen and oxygen atoms in total. The van der Waals surface area contributed by atoms with Crippen LogP contribution < -0.4 is 4.90 Å². The third kappa shape index (κ3) is 5.57. The van der Waals surface area contributed by atoms with Gasteiger partial charge in [-0.25, -0.2) is 0 Å². The second-order valence-corrected chi connectivity index (χ2v) is 9.46. The zero-order valence-electron chi connectivity index (χ0n) is 19.5. The van der Waals surface area contributed by atoms with Crippen molar-refractivity contribution < 1.29 is 9.53 Å². The van der Waals surface area contributed by atoms with Crippen molar-refractivity contribution in [3.63, 3.8) is 0 Å². The minimum atomic E-state index is -0.293. The molecular formula is C25H31N5O2S. The minimum Gasteiger partial charge on any atom is -0.378 e. The van der Waals surface area contributed by atoms with Crippen molar-refractivity contribution in [3.8, 4) is 5.69 Å². The normalized spacial score (nSPS) is 14.8. The standard InChI is InChI=1S/C25H31N5O2S/c1-4-28(18-21-10-6-5-7-11-21)23(31)20(3)33-25-27-26-24(29-13-15-32-16-14-29)30(25)22-12-8-9-19(2)17-22/h5-12,17,20H,4,13-16,18H2,1-3H3. The molecule has 1 unspecified atom stereocenters. The second kappa shape index (κ2) is 10.9. The summed E-state index contributed by atoms with van der Waals surface area (Å²) in [5.74, 6) is 0.890. The van der Waals surface area contributed by atoms with Gasteiger partial charge in [-0.3, -0.25) is 9.36 Å². The van der Waals surface area contributed by atoms with E-state index in [1.165, 1.54) is 11.8 Å². The largest absolute Gasteiger partial charge is 0.378 e. The summed E-state index contributed by atoms with van der Waals surface area (Å²) in [6, 6.07) is 18.4. The van der Waals surface area contributed by atoms with Gasteiger partial charge in [0.25, 0.3) is 0 Å². The quantitative estimate of drug-likeness (QED) is 0.470. The lowest BCUT2D eigenvalue weighted by Crippen LogP contribution is -2.38. The van der Waals surface area contributed by atoms with E-state index in [-0.39, 0.29) is 11.2 Å². The molecule has 0 radical (unpaired) electrons. The first-order valence-electron chi connectivity index (χ1n) is 11.4. The van der Waals surface area contributed by atoms with Gasteiger partial charge in [0.2, 0.25) is 11.9 Å². The van der Waals surface area contributed by atoms with Crippen LogP contribution in [0, 0.1) is 6.92 Å². The van der Waals surface area contributed by atoms with Gasteiger partial charge in [0, 0.05) is 26.2 Å². The Morgan fingerprint density at radius 1 is 1.12 bits per heavy atom. The number of amides is 1. The summed E-state index contributed by atoms with van der Waals surface area (Å²) in [6.07, 6.45) is 0. The average Bonchev–Trinajstić information content (AvgIpc) is 3.26. The van der Waals surface area contributed by atoms with Crippen LogP contribution in [0.5, 0.6) is 0 Å². The third-order valence-corrected chi connectivity index (χ3v) is 6.74. The summed E-state index contributed by atoms with van der Waals surface area (Å²) >= 11 is 1.46. The highest BCUT2D eigenvalue weighted by Gasteiger charge is 2.26. The van der Waals surface area contributed by atoms with Gasteiger partial charge in [0.05, 0.1) is 24.2 Å². The molecule has 1 aliphatic heterocycles. The van der Waals surface area contributed by atoms with Crippen molar-refractivity contribution in [1.29, 1.82) is 0 Å². The molecule has 3 aromatic rings. The predicted molar refractivity (Wildman–Crippen MR) is 132 cm³/mol. The monoisotopic (exact) mass is 465 g/mol. The first kappa shape index (κ1) is 23.3. The molecule has 1 atom stereocenters. The van der Waals surface area contributed by atoms with Crippen LogP contribution in [-0.2, 0) is 16.1 Å². The maximum atomic E-state index is 13.3. The first-order chi connectivity index (χ1) is 16.1. The van der Waals surface area contributed by atoms with Crippen LogP contribution in [-0.4, -0.2) is 63.7 Å². The summed E-state index contributed by atoms with van der Waals surface area (Å²) in [6.45, 7) is 10.2. The van der Waals surface area contributed by atoms with Gasteiger partial charge in [-0.2, -0.15) is 0 Å². The van der Waals surface area contributed by atoms with Crippen LogP contribution in [0.25, 0.3) is 5.69 Å². The molecule has 0 N–H and O–H groups in total. The number of aromatic nitrogens is 3. The molecule has 1 fully saturated rings. The maximum absolute atomic E-state index is 13.3. The second-order valence-electron chi connectivity index (χ2n) is 8.15. The summed E-state index contributed by atoms with van der Waals surface area (Å²) < 4.78 is 7.59. The molecule has 8 heteroatoms. The van der Waals surface area contributed by atoms with Gasteiger partial charge in [0.15, 0.2) is 5.16 Å². The summed E-state index contributed by atoms with van der Waals surface area (Å²) in [4.78, 5) is 17.4. The predicted octanol–water partition coefficient (Wildman–Crippen LogP) is 3.94. The lowest BCUT2D eigenvalue weighted by molar-refractivity contribution is -0.130. The van der Waals surface area contributed by atoms with E-state index < -0.39 is 0 Å². The maximum Gasteiger partial charge on any atom is 0.236 e. The Hall–Kier alpha value is -2.84. The molecule has 1 saturated heterocycles. The van der Waals surface area contributed by atoms with E-state index in [1.54, 1.807) is 0 Å². The van der Waals surface area contributed by atoms with E-state index in [0.717, 1.165) is 41.0 Å². The van der Waals surface area contributed by atoms with E-state index in [1.807, 2.05) is 43.0 Å². The van der Waals surface area contributed by atoms with Crippen LogP contribution in [0.2, 0.25) is 0 Å². The topological polar surface area (TPSA) is 63.5 Å². The van der Waals surface area contributed by atoms with Crippen molar-refractivity contribution in [2.24, 2.45) is 0 Å². The fourth-order valence-electron chi connectivity index (χ4n) is 3.91. The highest BCUT2D eigenvalue weighted by atomic mass is 32.2. The van der Waals surface area contributed by atoms with Crippen LogP contribution in [0.3, 0.4) is 0 Å². The van der Waals surface area contributed by atoms with Gasteiger partial charge >= 0.3 is 0 Å². The first-order valence-corrected chi connectivity index (χ1v) is 12.3. The summed E-state index contributed by atoms with van der Waals surface area (Å²) in [7, 11) is 0. The number of hydrogen-bond donors (Lipinski definition) is 0. The summed E-state index contributed by atoms with van der Waals surface area (Å²) in [5.41, 5.74) is 3.29. The van der Waals surface area contributed by atoms with Crippen LogP contribution in [0.15, 0.2) is 59.8 Å². The van der Waals surface area contributed by atoms with Crippen molar-refractivity contribution >= 4 is 23.6 Å². The molecular weight excluding hydrogens is 434 g/mol. The van der Waals surface area contributed by atoms with Gasteiger partial charge in [-0.15, -0.1) is 10.2 Å².